The zero-order chi connectivity index (χ0) is 28.4. The topological polar surface area (TPSA) is 44.8 Å². The minimum atomic E-state index is -0.374. The number of rotatable bonds is 19. The molecular formula is C36H46O4. The molecule has 0 saturated carbocycles. The van der Waals surface area contributed by atoms with Crippen molar-refractivity contribution >= 4 is 5.97 Å². The third-order valence-corrected chi connectivity index (χ3v) is 6.98. The Morgan fingerprint density at radius 2 is 1.40 bits per heavy atom. The van der Waals surface area contributed by atoms with Crippen LogP contribution in [-0.4, -0.2) is 25.3 Å². The van der Waals surface area contributed by atoms with Gasteiger partial charge in [0.15, 0.2) is 0 Å². The van der Waals surface area contributed by atoms with Gasteiger partial charge in [-0.05, 0) is 92.1 Å². The van der Waals surface area contributed by atoms with Gasteiger partial charge in [0.05, 0.1) is 18.3 Å². The fourth-order valence-electron chi connectivity index (χ4n) is 4.62. The normalized spacial score (nSPS) is 11.7. The van der Waals surface area contributed by atoms with Crippen molar-refractivity contribution in [2.75, 3.05) is 13.2 Å². The largest absolute Gasteiger partial charge is 0.491 e. The van der Waals surface area contributed by atoms with Crippen molar-refractivity contribution in [1.29, 1.82) is 0 Å². The van der Waals surface area contributed by atoms with Crippen molar-refractivity contribution in [3.05, 3.63) is 96.6 Å². The van der Waals surface area contributed by atoms with Gasteiger partial charge in [0.1, 0.15) is 11.5 Å². The fourth-order valence-corrected chi connectivity index (χ4v) is 4.62. The maximum absolute atomic E-state index is 12.7. The fraction of sp³-hybridized carbons (Fsp3) is 0.417. The van der Waals surface area contributed by atoms with Gasteiger partial charge < -0.3 is 14.2 Å². The molecule has 3 aromatic rings. The van der Waals surface area contributed by atoms with Gasteiger partial charge >= 0.3 is 5.97 Å². The first-order valence-corrected chi connectivity index (χ1v) is 15.0. The molecule has 40 heavy (non-hydrogen) atoms. The lowest BCUT2D eigenvalue weighted by molar-refractivity contribution is 0.0734. The molecule has 0 spiro atoms. The smallest absolute Gasteiger partial charge is 0.343 e. The van der Waals surface area contributed by atoms with Gasteiger partial charge in [-0.1, -0.05) is 81.5 Å². The molecule has 0 aromatic heterocycles. The molecule has 3 aromatic carbocycles. The molecule has 0 fully saturated rings. The molecule has 0 radical (unpaired) electrons. The van der Waals surface area contributed by atoms with Crippen LogP contribution >= 0.6 is 0 Å². The maximum atomic E-state index is 12.7. The maximum Gasteiger partial charge on any atom is 0.343 e. The first kappa shape index (κ1) is 31.2. The standard InChI is InChI=1S/C36H46O4/c1-4-6-7-10-13-29(3)39-34-25-21-33(22-26-34)36(37)40-35-23-19-32(20-24-35)31-17-15-30(16-18-31)14-11-8-9-12-28-38-27-5-2/h5,15-26,29H,2,4,6-14,27-28H2,1,3H3/t29-/m0/s1. The van der Waals surface area contributed by atoms with Crippen LogP contribution in [0.15, 0.2) is 85.5 Å². The van der Waals surface area contributed by atoms with Gasteiger partial charge in [-0.25, -0.2) is 4.79 Å². The first-order chi connectivity index (χ1) is 19.6. The molecule has 0 aliphatic carbocycles. The molecule has 4 nitrogen and oxygen atoms in total. The summed E-state index contributed by atoms with van der Waals surface area (Å²) in [6.07, 6.45) is 13.7. The first-order valence-electron chi connectivity index (χ1n) is 15.0. The molecule has 0 bridgehead atoms. The second-order valence-electron chi connectivity index (χ2n) is 10.4. The van der Waals surface area contributed by atoms with E-state index < -0.39 is 0 Å². The highest BCUT2D eigenvalue weighted by Gasteiger charge is 2.11. The van der Waals surface area contributed by atoms with Crippen molar-refractivity contribution in [2.45, 2.75) is 84.2 Å². The summed E-state index contributed by atoms with van der Waals surface area (Å²) in [5.74, 6) is 0.932. The monoisotopic (exact) mass is 542 g/mol. The number of unbranched alkanes of at least 4 members (excludes halogenated alkanes) is 6. The average Bonchev–Trinajstić information content (AvgIpc) is 2.98. The highest BCUT2D eigenvalue weighted by molar-refractivity contribution is 5.91. The van der Waals surface area contributed by atoms with Gasteiger partial charge in [-0.2, -0.15) is 0 Å². The predicted molar refractivity (Wildman–Crippen MR) is 165 cm³/mol. The summed E-state index contributed by atoms with van der Waals surface area (Å²) in [6, 6.07) is 23.6. The summed E-state index contributed by atoms with van der Waals surface area (Å²) < 4.78 is 17.0. The molecule has 4 heteroatoms. The molecule has 214 valence electrons. The number of hydrogen-bond acceptors (Lipinski definition) is 4. The number of aryl methyl sites for hydroxylation is 1. The predicted octanol–water partition coefficient (Wildman–Crippen LogP) is 9.62. The van der Waals surface area contributed by atoms with Crippen LogP contribution in [0, 0.1) is 0 Å². The molecule has 0 saturated heterocycles. The highest BCUT2D eigenvalue weighted by atomic mass is 16.5. The van der Waals surface area contributed by atoms with E-state index in [1.54, 1.807) is 18.2 Å². The van der Waals surface area contributed by atoms with Crippen LogP contribution < -0.4 is 9.47 Å². The number of hydrogen-bond donors (Lipinski definition) is 0. The Kier molecular flexibility index (Phi) is 14.1. The molecule has 0 amide bonds. The number of ether oxygens (including phenoxy) is 3. The third-order valence-electron chi connectivity index (χ3n) is 6.98. The molecule has 0 unspecified atom stereocenters. The van der Waals surface area contributed by atoms with Gasteiger partial charge in [-0.15, -0.1) is 6.58 Å². The number of carbonyl (C=O) groups is 1. The second-order valence-corrected chi connectivity index (χ2v) is 10.4. The SMILES string of the molecule is C=CCOCCCCCCc1ccc(-c2ccc(OC(=O)c3ccc(O[C@@H](C)CCCCCC)cc3)cc2)cc1. The van der Waals surface area contributed by atoms with Crippen LogP contribution in [0.1, 0.15) is 87.6 Å². The van der Waals surface area contributed by atoms with Crippen LogP contribution in [0.25, 0.3) is 11.1 Å². The Hall–Kier alpha value is -3.37. The second kappa shape index (κ2) is 18.1. The van der Waals surface area contributed by atoms with Gasteiger partial charge in [0, 0.05) is 6.61 Å². The lowest BCUT2D eigenvalue weighted by Crippen LogP contribution is -2.12. The van der Waals surface area contributed by atoms with E-state index in [2.05, 4.69) is 44.7 Å². The van der Waals surface area contributed by atoms with Gasteiger partial charge in [0.2, 0.25) is 0 Å². The number of carbonyl (C=O) groups excluding carboxylic acids is 1. The van der Waals surface area contributed by atoms with E-state index >= 15 is 0 Å². The minimum Gasteiger partial charge on any atom is -0.491 e. The van der Waals surface area contributed by atoms with Crippen molar-refractivity contribution in [2.24, 2.45) is 0 Å². The van der Waals surface area contributed by atoms with E-state index in [0.29, 0.717) is 17.9 Å². The van der Waals surface area contributed by atoms with E-state index in [0.717, 1.165) is 42.7 Å². The van der Waals surface area contributed by atoms with Crippen LogP contribution in [-0.2, 0) is 11.2 Å². The highest BCUT2D eigenvalue weighted by Crippen LogP contribution is 2.24. The quantitative estimate of drug-likeness (QED) is 0.0655. The molecule has 0 aliphatic heterocycles. The van der Waals surface area contributed by atoms with Crippen LogP contribution in [0.2, 0.25) is 0 Å². The summed E-state index contributed by atoms with van der Waals surface area (Å²) in [6.45, 7) is 9.44. The van der Waals surface area contributed by atoms with E-state index in [4.69, 9.17) is 14.2 Å². The van der Waals surface area contributed by atoms with Crippen molar-refractivity contribution < 1.29 is 19.0 Å². The van der Waals surface area contributed by atoms with Crippen molar-refractivity contribution in [3.8, 4) is 22.6 Å². The molecule has 0 heterocycles. The summed E-state index contributed by atoms with van der Waals surface area (Å²) in [7, 11) is 0. The Morgan fingerprint density at radius 1 is 0.775 bits per heavy atom. The van der Waals surface area contributed by atoms with E-state index in [1.807, 2.05) is 36.4 Å². The van der Waals surface area contributed by atoms with Crippen LogP contribution in [0.5, 0.6) is 11.5 Å². The van der Waals surface area contributed by atoms with Crippen molar-refractivity contribution in [3.63, 3.8) is 0 Å². The zero-order valence-electron chi connectivity index (χ0n) is 24.4. The Morgan fingerprint density at radius 3 is 2.08 bits per heavy atom. The minimum absolute atomic E-state index is 0.160. The average molecular weight is 543 g/mol. The van der Waals surface area contributed by atoms with Gasteiger partial charge in [-0.3, -0.25) is 0 Å². The summed E-state index contributed by atoms with van der Waals surface area (Å²) in [5.41, 5.74) is 4.10. The zero-order valence-corrected chi connectivity index (χ0v) is 24.4. The molecule has 0 N–H and O–H groups in total. The Balaban J connectivity index is 1.41. The van der Waals surface area contributed by atoms with E-state index in [1.165, 1.54) is 50.5 Å². The molecule has 3 rings (SSSR count). The van der Waals surface area contributed by atoms with Crippen molar-refractivity contribution in [1.82, 2.24) is 0 Å². The lowest BCUT2D eigenvalue weighted by Gasteiger charge is -2.14. The molecular weight excluding hydrogens is 496 g/mol. The van der Waals surface area contributed by atoms with E-state index in [9.17, 15) is 4.79 Å². The molecule has 0 aliphatic rings. The summed E-state index contributed by atoms with van der Waals surface area (Å²) >= 11 is 0. The summed E-state index contributed by atoms with van der Waals surface area (Å²) in [5, 5.41) is 0. The third kappa shape index (κ3) is 11.4. The van der Waals surface area contributed by atoms with E-state index in [-0.39, 0.29) is 12.1 Å². The Labute approximate surface area is 241 Å². The van der Waals surface area contributed by atoms with Crippen LogP contribution in [0.4, 0.5) is 0 Å². The summed E-state index contributed by atoms with van der Waals surface area (Å²) in [4.78, 5) is 12.7. The van der Waals surface area contributed by atoms with Gasteiger partial charge in [0.25, 0.3) is 0 Å². The molecule has 1 atom stereocenters. The van der Waals surface area contributed by atoms with Crippen LogP contribution in [0.3, 0.4) is 0 Å². The lowest BCUT2D eigenvalue weighted by atomic mass is 10.0. The number of benzene rings is 3. The number of esters is 1. The Bertz CT molecular complexity index is 1120.